The van der Waals surface area contributed by atoms with E-state index in [0.29, 0.717) is 17.6 Å². The number of benzene rings is 11. The second-order valence-electron chi connectivity index (χ2n) is 23.7. The molecule has 7 heteroatoms. The van der Waals surface area contributed by atoms with Crippen LogP contribution in [0.2, 0.25) is 0 Å². The largest absolute Gasteiger partial charge is 0.334 e. The minimum absolute atomic E-state index is 0.0183. The highest BCUT2D eigenvalue weighted by Crippen LogP contribution is 2.42. The summed E-state index contributed by atoms with van der Waals surface area (Å²) in [4.78, 5) is 21.7. The molecule has 430 valence electrons. The third kappa shape index (κ3) is 9.87. The molecule has 11 aromatic carbocycles. The molecular formula is C83H63N7. The highest BCUT2D eigenvalue weighted by atomic mass is 15.2. The van der Waals surface area contributed by atoms with Gasteiger partial charge in [-0.2, -0.15) is 9.97 Å². The molecule has 0 bridgehead atoms. The fourth-order valence-corrected chi connectivity index (χ4v) is 13.7. The minimum Gasteiger partial charge on any atom is -0.334 e. The lowest BCUT2D eigenvalue weighted by molar-refractivity contribution is 0.653. The maximum absolute atomic E-state index is 5.66. The molecule has 3 atom stereocenters. The summed E-state index contributed by atoms with van der Waals surface area (Å²) in [5, 5.41) is 4.62. The van der Waals surface area contributed by atoms with Gasteiger partial charge in [0.2, 0.25) is 5.95 Å². The van der Waals surface area contributed by atoms with Gasteiger partial charge in [-0.15, -0.1) is 0 Å². The molecule has 14 aromatic rings. The Hall–Kier alpha value is -11.4. The Morgan fingerprint density at radius 1 is 0.378 bits per heavy atom. The lowest BCUT2D eigenvalue weighted by Crippen LogP contribution is -2.44. The topological polar surface area (TPSA) is 55.0 Å². The second kappa shape index (κ2) is 23.0. The van der Waals surface area contributed by atoms with Crippen LogP contribution in [0, 0.1) is 5.92 Å². The van der Waals surface area contributed by atoms with Crippen molar-refractivity contribution >= 4 is 68.5 Å². The lowest BCUT2D eigenvalue weighted by atomic mass is 9.90. The number of fused-ring (bicyclic) bond motifs is 6. The molecule has 3 aromatic heterocycles. The van der Waals surface area contributed by atoms with E-state index in [9.17, 15) is 0 Å². The number of para-hydroxylation sites is 5. The zero-order chi connectivity index (χ0) is 60.1. The van der Waals surface area contributed by atoms with Crippen LogP contribution in [-0.4, -0.2) is 30.1 Å². The summed E-state index contributed by atoms with van der Waals surface area (Å²) in [6, 6.07) is 104. The van der Waals surface area contributed by atoms with Crippen LogP contribution in [0.25, 0.3) is 108 Å². The van der Waals surface area contributed by atoms with Crippen LogP contribution in [-0.2, 0) is 0 Å². The van der Waals surface area contributed by atoms with Crippen LogP contribution in [0.15, 0.2) is 297 Å². The van der Waals surface area contributed by atoms with Crippen molar-refractivity contribution in [2.24, 2.45) is 5.92 Å². The molecule has 90 heavy (non-hydrogen) atoms. The summed E-state index contributed by atoms with van der Waals surface area (Å²) in [7, 11) is 0. The van der Waals surface area contributed by atoms with Crippen molar-refractivity contribution in [2.75, 3.05) is 9.80 Å². The van der Waals surface area contributed by atoms with E-state index in [0.717, 1.165) is 107 Å². The predicted molar refractivity (Wildman–Crippen MR) is 374 cm³/mol. The molecule has 7 nitrogen and oxygen atoms in total. The zero-order valence-electron chi connectivity index (χ0n) is 50.1. The number of hydrogen-bond acceptors (Lipinski definition) is 5. The Bertz CT molecular complexity index is 5000. The number of hydrogen-bond donors (Lipinski definition) is 0. The van der Waals surface area contributed by atoms with Crippen molar-refractivity contribution < 1.29 is 0 Å². The molecule has 0 radical (unpaired) electrons. The Kier molecular flexibility index (Phi) is 13.8. The van der Waals surface area contributed by atoms with Gasteiger partial charge in [0.15, 0.2) is 11.6 Å². The van der Waals surface area contributed by atoms with E-state index in [1.807, 2.05) is 0 Å². The summed E-state index contributed by atoms with van der Waals surface area (Å²) in [5.74, 6) is 2.04. The first kappa shape index (κ1) is 54.0. The van der Waals surface area contributed by atoms with Gasteiger partial charge in [-0.05, 0) is 149 Å². The maximum Gasteiger partial charge on any atom is 0.238 e. The molecule has 16 rings (SSSR count). The Morgan fingerprint density at radius 2 is 0.867 bits per heavy atom. The first-order valence-corrected chi connectivity index (χ1v) is 31.2. The van der Waals surface area contributed by atoms with E-state index in [1.165, 1.54) is 21.9 Å². The summed E-state index contributed by atoms with van der Waals surface area (Å²) in [6.07, 6.45) is 10.5. The third-order valence-corrected chi connectivity index (χ3v) is 18.0. The zero-order valence-corrected chi connectivity index (χ0v) is 50.1. The van der Waals surface area contributed by atoms with Crippen molar-refractivity contribution in [2.45, 2.75) is 32.2 Å². The Labute approximate surface area is 524 Å². The fraction of sp³-hybridized carbons (Fsp3) is 0.0723. The van der Waals surface area contributed by atoms with Gasteiger partial charge in [0.25, 0.3) is 0 Å². The first-order valence-electron chi connectivity index (χ1n) is 31.2. The third-order valence-electron chi connectivity index (χ3n) is 18.0. The van der Waals surface area contributed by atoms with Crippen LogP contribution in [0.5, 0.6) is 0 Å². The van der Waals surface area contributed by atoms with Crippen LogP contribution in [0.4, 0.5) is 28.4 Å². The van der Waals surface area contributed by atoms with Gasteiger partial charge >= 0.3 is 0 Å². The van der Waals surface area contributed by atoms with Crippen LogP contribution in [0.1, 0.15) is 37.4 Å². The Morgan fingerprint density at radius 3 is 1.48 bits per heavy atom. The fourth-order valence-electron chi connectivity index (χ4n) is 13.7. The monoisotopic (exact) mass is 1160 g/mol. The van der Waals surface area contributed by atoms with E-state index in [-0.39, 0.29) is 17.9 Å². The van der Waals surface area contributed by atoms with Crippen molar-refractivity contribution in [1.82, 2.24) is 24.1 Å². The summed E-state index contributed by atoms with van der Waals surface area (Å²) < 4.78 is 4.75. The Balaban J connectivity index is 0.886. The highest BCUT2D eigenvalue weighted by molar-refractivity contribution is 6.11. The van der Waals surface area contributed by atoms with Gasteiger partial charge in [0, 0.05) is 84.3 Å². The lowest BCUT2D eigenvalue weighted by Gasteiger charge is -2.36. The molecule has 2 aliphatic rings. The van der Waals surface area contributed by atoms with E-state index >= 15 is 0 Å². The van der Waals surface area contributed by atoms with Crippen molar-refractivity contribution in [3.05, 3.63) is 319 Å². The van der Waals surface area contributed by atoms with Crippen molar-refractivity contribution in [1.29, 1.82) is 0 Å². The molecule has 2 aliphatic carbocycles. The van der Waals surface area contributed by atoms with E-state index in [2.05, 4.69) is 348 Å². The van der Waals surface area contributed by atoms with Gasteiger partial charge in [0.1, 0.15) is 0 Å². The standard InChI is InChI=1S/C83H63N7/c1-56-26-23-44-73-75-55-78(88(68-38-17-7-18-39-68)69-40-19-8-20-41-69)57(2)48-79(75)90(80(56)73)83-85-81(61-32-24-31-60(49-61)65-51-63(58-27-9-3-10-28-58)50-64(52-65)59-29-11-4-12-30-59)84-82(86-83)62-33-25-42-70(53-62)89-76-45-22-21-43-72(76)74-54-71(46-47-77(74)89)87(66-34-13-5-14-35-66)67-36-15-6-16-37-67/h3-25,27-57,78H,26H2,1-2H3. The summed E-state index contributed by atoms with van der Waals surface area (Å²) in [6.45, 7) is 4.68. The second-order valence-corrected chi connectivity index (χ2v) is 23.7. The average molecular weight is 1160 g/mol. The van der Waals surface area contributed by atoms with Gasteiger partial charge in [-0.25, -0.2) is 4.98 Å². The van der Waals surface area contributed by atoms with E-state index in [1.54, 1.807) is 0 Å². The van der Waals surface area contributed by atoms with Crippen LogP contribution >= 0.6 is 0 Å². The predicted octanol–water partition coefficient (Wildman–Crippen LogP) is 19.5. The molecular weight excluding hydrogens is 1090 g/mol. The van der Waals surface area contributed by atoms with Gasteiger partial charge in [-0.3, -0.25) is 4.57 Å². The van der Waals surface area contributed by atoms with E-state index in [4.69, 9.17) is 15.0 Å². The molecule has 0 saturated carbocycles. The van der Waals surface area contributed by atoms with Crippen LogP contribution < -0.4 is 20.4 Å². The summed E-state index contributed by atoms with van der Waals surface area (Å²) in [5.41, 5.74) is 19.8. The molecule has 0 N–H and O–H groups in total. The van der Waals surface area contributed by atoms with Gasteiger partial charge < -0.3 is 14.4 Å². The van der Waals surface area contributed by atoms with E-state index < -0.39 is 0 Å². The molecule has 0 saturated heterocycles. The number of allylic oxidation sites excluding steroid dienone is 1. The molecule has 0 fully saturated rings. The van der Waals surface area contributed by atoms with Gasteiger partial charge in [0.05, 0.1) is 22.4 Å². The van der Waals surface area contributed by atoms with Crippen molar-refractivity contribution in [3.8, 4) is 67.8 Å². The SMILES string of the molecule is CC1CC=Cc2c1n(-c1nc(-c3cccc(-c4cc(-c5ccccc5)cc(-c5ccccc5)c4)c3)nc(-c3cccc(-n4c5ccccc5c5cc(N(c6ccccc6)c6ccccc6)ccc54)c3)n1)c1c2=CC(N(c2ccccc2)c2ccccc2)C(C)C=1. The van der Waals surface area contributed by atoms with Crippen LogP contribution in [0.3, 0.4) is 0 Å². The van der Waals surface area contributed by atoms with Gasteiger partial charge in [-0.1, -0.05) is 220 Å². The quantitative estimate of drug-likeness (QED) is 0.115. The molecule has 0 spiro atoms. The smallest absolute Gasteiger partial charge is 0.238 e. The number of aromatic nitrogens is 5. The molecule has 3 heterocycles. The average Bonchev–Trinajstić information content (AvgIpc) is 1.66. The number of anilines is 5. The first-order chi connectivity index (χ1) is 44.5. The minimum atomic E-state index is 0.0183. The normalized spacial score (nSPS) is 15.0. The van der Waals surface area contributed by atoms with Crippen molar-refractivity contribution in [3.63, 3.8) is 0 Å². The highest BCUT2D eigenvalue weighted by Gasteiger charge is 2.32. The molecule has 0 amide bonds. The molecule has 3 unspecified atom stereocenters. The maximum atomic E-state index is 5.66. The molecule has 0 aliphatic heterocycles. The summed E-state index contributed by atoms with van der Waals surface area (Å²) >= 11 is 0. The number of nitrogens with zero attached hydrogens (tertiary/aromatic N) is 7. The number of rotatable bonds is 13.